The molecule has 19 heavy (non-hydrogen) atoms. The van der Waals surface area contributed by atoms with Gasteiger partial charge in [-0.2, -0.15) is 0 Å². The Morgan fingerprint density at radius 1 is 1.42 bits per heavy atom. The molecule has 0 aliphatic carbocycles. The number of rotatable bonds is 6. The number of piperidine rings is 1. The van der Waals surface area contributed by atoms with Crippen LogP contribution < -0.4 is 5.32 Å². The van der Waals surface area contributed by atoms with Gasteiger partial charge in [-0.05, 0) is 26.2 Å². The van der Waals surface area contributed by atoms with Crippen molar-refractivity contribution in [2.24, 2.45) is 0 Å². The van der Waals surface area contributed by atoms with Gasteiger partial charge in [-0.15, -0.1) is 0 Å². The standard InChI is InChI=1S/C12H24N2O4S/c1-4-7-12(2,11(15)16)13-10-5-8-14(9-6-10)19(3,17)18/h10,13H,4-9H2,1-3H3,(H,15,16). The molecule has 0 aromatic carbocycles. The van der Waals surface area contributed by atoms with Gasteiger partial charge in [0.1, 0.15) is 5.54 Å². The molecule has 0 aromatic rings. The Labute approximate surface area is 115 Å². The maximum Gasteiger partial charge on any atom is 0.323 e. The number of hydrogen-bond donors (Lipinski definition) is 2. The molecule has 1 unspecified atom stereocenters. The fraction of sp³-hybridized carbons (Fsp3) is 0.917. The van der Waals surface area contributed by atoms with Crippen LogP contribution in [0.2, 0.25) is 0 Å². The van der Waals surface area contributed by atoms with Gasteiger partial charge in [-0.3, -0.25) is 10.1 Å². The second kappa shape index (κ2) is 6.19. The van der Waals surface area contributed by atoms with Crippen molar-refractivity contribution in [3.63, 3.8) is 0 Å². The fourth-order valence-corrected chi connectivity index (χ4v) is 3.40. The molecule has 1 fully saturated rings. The summed E-state index contributed by atoms with van der Waals surface area (Å²) in [7, 11) is -3.13. The largest absolute Gasteiger partial charge is 0.480 e. The Morgan fingerprint density at radius 2 is 1.95 bits per heavy atom. The highest BCUT2D eigenvalue weighted by atomic mass is 32.2. The first-order valence-corrected chi connectivity index (χ1v) is 8.50. The third kappa shape index (κ3) is 4.43. The van der Waals surface area contributed by atoms with Gasteiger partial charge < -0.3 is 5.11 Å². The Morgan fingerprint density at radius 3 is 2.32 bits per heavy atom. The zero-order valence-corrected chi connectivity index (χ0v) is 12.7. The molecule has 0 radical (unpaired) electrons. The highest BCUT2D eigenvalue weighted by Crippen LogP contribution is 2.19. The Hall–Kier alpha value is -0.660. The highest BCUT2D eigenvalue weighted by molar-refractivity contribution is 7.88. The van der Waals surface area contributed by atoms with Gasteiger partial charge in [-0.1, -0.05) is 13.3 Å². The van der Waals surface area contributed by atoms with E-state index in [1.165, 1.54) is 10.6 Å². The molecule has 0 spiro atoms. The van der Waals surface area contributed by atoms with E-state index in [2.05, 4.69) is 5.32 Å². The Balaban J connectivity index is 2.59. The molecule has 112 valence electrons. The summed E-state index contributed by atoms with van der Waals surface area (Å²) in [6, 6.07) is 0.0608. The molecule has 0 saturated carbocycles. The minimum atomic E-state index is -3.13. The summed E-state index contributed by atoms with van der Waals surface area (Å²) in [5.41, 5.74) is -0.924. The van der Waals surface area contributed by atoms with E-state index in [1.807, 2.05) is 6.92 Å². The summed E-state index contributed by atoms with van der Waals surface area (Å²) < 4.78 is 24.2. The second-order valence-electron chi connectivity index (χ2n) is 5.47. The Kier molecular flexibility index (Phi) is 5.34. The van der Waals surface area contributed by atoms with Crippen LogP contribution in [0.3, 0.4) is 0 Å². The molecule has 1 saturated heterocycles. The molecule has 2 N–H and O–H groups in total. The quantitative estimate of drug-likeness (QED) is 0.750. The first-order valence-electron chi connectivity index (χ1n) is 6.65. The van der Waals surface area contributed by atoms with Crippen LogP contribution in [0.15, 0.2) is 0 Å². The molecule has 0 bridgehead atoms. The summed E-state index contributed by atoms with van der Waals surface area (Å²) in [6.45, 7) is 4.56. The number of hydrogen-bond acceptors (Lipinski definition) is 4. The Bertz CT molecular complexity index is 415. The number of carboxylic acids is 1. The molecule has 1 atom stereocenters. The van der Waals surface area contributed by atoms with Crippen LogP contribution in [-0.2, 0) is 14.8 Å². The number of carboxylic acid groups (broad SMARTS) is 1. The lowest BCUT2D eigenvalue weighted by atomic mass is 9.93. The van der Waals surface area contributed by atoms with Crippen LogP contribution in [0.25, 0.3) is 0 Å². The van der Waals surface area contributed by atoms with Crippen molar-refractivity contribution in [2.75, 3.05) is 19.3 Å². The molecule has 7 heteroatoms. The van der Waals surface area contributed by atoms with E-state index in [0.717, 1.165) is 6.42 Å². The van der Waals surface area contributed by atoms with Crippen molar-refractivity contribution in [3.05, 3.63) is 0 Å². The molecule has 1 heterocycles. The first-order chi connectivity index (χ1) is 8.69. The third-order valence-electron chi connectivity index (χ3n) is 3.67. The van der Waals surface area contributed by atoms with E-state index >= 15 is 0 Å². The number of carbonyl (C=O) groups is 1. The van der Waals surface area contributed by atoms with Gasteiger partial charge in [-0.25, -0.2) is 12.7 Å². The van der Waals surface area contributed by atoms with Crippen molar-refractivity contribution in [3.8, 4) is 0 Å². The monoisotopic (exact) mass is 292 g/mol. The van der Waals surface area contributed by atoms with Crippen molar-refractivity contribution in [2.45, 2.75) is 51.1 Å². The summed E-state index contributed by atoms with van der Waals surface area (Å²) >= 11 is 0. The van der Waals surface area contributed by atoms with Crippen molar-refractivity contribution in [1.82, 2.24) is 9.62 Å². The minimum absolute atomic E-state index is 0.0608. The van der Waals surface area contributed by atoms with Crippen LogP contribution >= 0.6 is 0 Å². The molecule has 1 aliphatic rings. The molecule has 1 aliphatic heterocycles. The summed E-state index contributed by atoms with van der Waals surface area (Å²) in [5.74, 6) is -0.847. The third-order valence-corrected chi connectivity index (χ3v) is 4.97. The summed E-state index contributed by atoms with van der Waals surface area (Å²) in [4.78, 5) is 11.3. The average molecular weight is 292 g/mol. The fourth-order valence-electron chi connectivity index (χ4n) is 2.52. The van der Waals surface area contributed by atoms with E-state index in [0.29, 0.717) is 32.4 Å². The number of nitrogens with zero attached hydrogens (tertiary/aromatic N) is 1. The average Bonchev–Trinajstić information content (AvgIpc) is 2.28. The van der Waals surface area contributed by atoms with Gasteiger partial charge in [0.25, 0.3) is 0 Å². The first kappa shape index (κ1) is 16.4. The lowest BCUT2D eigenvalue weighted by Crippen LogP contribution is -2.56. The molecule has 0 amide bonds. The predicted octanol–water partition coefficient (Wildman–Crippen LogP) is 0.643. The van der Waals surface area contributed by atoms with Gasteiger partial charge >= 0.3 is 5.97 Å². The smallest absolute Gasteiger partial charge is 0.323 e. The van der Waals surface area contributed by atoms with Gasteiger partial charge in [0.05, 0.1) is 6.26 Å². The van der Waals surface area contributed by atoms with Crippen LogP contribution in [0.5, 0.6) is 0 Å². The second-order valence-corrected chi connectivity index (χ2v) is 7.45. The minimum Gasteiger partial charge on any atom is -0.480 e. The normalized spacial score (nSPS) is 22.1. The number of nitrogens with one attached hydrogen (secondary N) is 1. The van der Waals surface area contributed by atoms with Gasteiger partial charge in [0, 0.05) is 19.1 Å². The molecule has 0 aromatic heterocycles. The summed E-state index contributed by atoms with van der Waals surface area (Å²) in [5, 5.41) is 12.5. The van der Waals surface area contributed by atoms with Crippen molar-refractivity contribution in [1.29, 1.82) is 0 Å². The highest BCUT2D eigenvalue weighted by Gasteiger charge is 2.35. The molecular weight excluding hydrogens is 268 g/mol. The van der Waals surface area contributed by atoms with E-state index in [1.54, 1.807) is 6.92 Å². The van der Waals surface area contributed by atoms with Crippen LogP contribution in [0.1, 0.15) is 39.5 Å². The topological polar surface area (TPSA) is 86.7 Å². The lowest BCUT2D eigenvalue weighted by molar-refractivity contribution is -0.145. The van der Waals surface area contributed by atoms with E-state index in [9.17, 15) is 18.3 Å². The molecule has 1 rings (SSSR count). The molecule has 6 nitrogen and oxygen atoms in total. The maximum absolute atomic E-state index is 11.4. The maximum atomic E-state index is 11.4. The predicted molar refractivity (Wildman–Crippen MR) is 73.5 cm³/mol. The lowest BCUT2D eigenvalue weighted by Gasteiger charge is -2.36. The van der Waals surface area contributed by atoms with E-state index in [-0.39, 0.29) is 6.04 Å². The van der Waals surface area contributed by atoms with Crippen LogP contribution in [0, 0.1) is 0 Å². The zero-order chi connectivity index (χ0) is 14.7. The number of aliphatic carboxylic acids is 1. The van der Waals surface area contributed by atoms with Gasteiger partial charge in [0.2, 0.25) is 10.0 Å². The van der Waals surface area contributed by atoms with Crippen molar-refractivity contribution < 1.29 is 18.3 Å². The molecular formula is C12H24N2O4S. The van der Waals surface area contributed by atoms with Gasteiger partial charge in [0.15, 0.2) is 0 Å². The zero-order valence-electron chi connectivity index (χ0n) is 11.8. The van der Waals surface area contributed by atoms with E-state index in [4.69, 9.17) is 0 Å². The number of sulfonamides is 1. The van der Waals surface area contributed by atoms with Crippen molar-refractivity contribution >= 4 is 16.0 Å². The van der Waals surface area contributed by atoms with Crippen LogP contribution in [0.4, 0.5) is 0 Å². The van der Waals surface area contributed by atoms with Crippen LogP contribution in [-0.4, -0.2) is 54.7 Å². The summed E-state index contributed by atoms with van der Waals surface area (Å²) in [6.07, 6.45) is 3.87. The SMILES string of the molecule is CCCC(C)(NC1CCN(S(C)(=O)=O)CC1)C(=O)O. The van der Waals surface area contributed by atoms with E-state index < -0.39 is 21.5 Å².